The SMILES string of the molecule is CCC1C(=O)N(c2cccc(C)c2)C(=O)N1C. The van der Waals surface area contributed by atoms with E-state index in [9.17, 15) is 9.59 Å². The van der Waals surface area contributed by atoms with Gasteiger partial charge in [0.25, 0.3) is 5.91 Å². The summed E-state index contributed by atoms with van der Waals surface area (Å²) in [4.78, 5) is 26.9. The molecule has 1 aliphatic rings. The maximum absolute atomic E-state index is 12.1. The van der Waals surface area contributed by atoms with Gasteiger partial charge in [-0.25, -0.2) is 9.69 Å². The first-order chi connectivity index (χ1) is 8.06. The fourth-order valence-electron chi connectivity index (χ4n) is 2.15. The lowest BCUT2D eigenvalue weighted by Crippen LogP contribution is -2.31. The van der Waals surface area contributed by atoms with Crippen LogP contribution in [-0.2, 0) is 4.79 Å². The van der Waals surface area contributed by atoms with E-state index >= 15 is 0 Å². The number of hydrogen-bond donors (Lipinski definition) is 0. The summed E-state index contributed by atoms with van der Waals surface area (Å²) in [5.74, 6) is -0.134. The van der Waals surface area contributed by atoms with E-state index < -0.39 is 0 Å². The number of likely N-dealkylation sites (N-methyl/N-ethyl adjacent to an activating group) is 1. The van der Waals surface area contributed by atoms with Crippen LogP contribution in [0.2, 0.25) is 0 Å². The van der Waals surface area contributed by atoms with Crippen molar-refractivity contribution in [3.63, 3.8) is 0 Å². The van der Waals surface area contributed by atoms with Crippen LogP contribution in [0.4, 0.5) is 10.5 Å². The molecule has 1 saturated heterocycles. The average molecular weight is 232 g/mol. The molecule has 4 heteroatoms. The van der Waals surface area contributed by atoms with Crippen molar-refractivity contribution in [2.45, 2.75) is 26.3 Å². The fourth-order valence-corrected chi connectivity index (χ4v) is 2.15. The first-order valence-electron chi connectivity index (χ1n) is 5.73. The summed E-state index contributed by atoms with van der Waals surface area (Å²) in [5.41, 5.74) is 1.69. The second kappa shape index (κ2) is 4.20. The van der Waals surface area contributed by atoms with Gasteiger partial charge in [0.1, 0.15) is 6.04 Å². The third kappa shape index (κ3) is 1.79. The molecule has 1 aliphatic heterocycles. The molecule has 0 spiro atoms. The summed E-state index contributed by atoms with van der Waals surface area (Å²) in [6.07, 6.45) is 0.642. The van der Waals surface area contributed by atoms with E-state index in [1.165, 1.54) is 9.80 Å². The van der Waals surface area contributed by atoms with Gasteiger partial charge in [0, 0.05) is 7.05 Å². The summed E-state index contributed by atoms with van der Waals surface area (Å²) >= 11 is 0. The molecule has 4 nitrogen and oxygen atoms in total. The van der Waals surface area contributed by atoms with Crippen LogP contribution < -0.4 is 4.90 Å². The number of rotatable bonds is 2. The van der Waals surface area contributed by atoms with Gasteiger partial charge in [-0.05, 0) is 31.0 Å². The molecule has 0 saturated carbocycles. The number of carbonyl (C=O) groups excluding carboxylic acids is 2. The smallest absolute Gasteiger partial charge is 0.315 e. The van der Waals surface area contributed by atoms with E-state index in [2.05, 4.69) is 0 Å². The quantitative estimate of drug-likeness (QED) is 0.733. The van der Waals surface area contributed by atoms with Crippen molar-refractivity contribution in [3.8, 4) is 0 Å². The van der Waals surface area contributed by atoms with Crippen molar-refractivity contribution < 1.29 is 9.59 Å². The zero-order valence-corrected chi connectivity index (χ0v) is 10.3. The molecule has 0 radical (unpaired) electrons. The summed E-state index contributed by atoms with van der Waals surface area (Å²) in [7, 11) is 1.67. The van der Waals surface area contributed by atoms with Crippen LogP contribution in [0.3, 0.4) is 0 Å². The third-order valence-corrected chi connectivity index (χ3v) is 3.11. The van der Waals surface area contributed by atoms with E-state index in [0.717, 1.165) is 5.56 Å². The second-order valence-corrected chi connectivity index (χ2v) is 4.33. The van der Waals surface area contributed by atoms with Crippen molar-refractivity contribution in [2.24, 2.45) is 0 Å². The topological polar surface area (TPSA) is 40.6 Å². The van der Waals surface area contributed by atoms with E-state index in [1.807, 2.05) is 32.0 Å². The third-order valence-electron chi connectivity index (χ3n) is 3.11. The number of imide groups is 1. The standard InChI is InChI=1S/C13H16N2O2/c1-4-11-12(16)15(13(17)14(11)3)10-7-5-6-9(2)8-10/h5-8,11H,4H2,1-3H3. The van der Waals surface area contributed by atoms with Crippen LogP contribution in [0.25, 0.3) is 0 Å². The summed E-state index contributed by atoms with van der Waals surface area (Å²) in [5, 5.41) is 0. The Morgan fingerprint density at radius 3 is 2.53 bits per heavy atom. The molecule has 2 rings (SSSR count). The molecular formula is C13H16N2O2. The lowest BCUT2D eigenvalue weighted by Gasteiger charge is -2.14. The van der Waals surface area contributed by atoms with Gasteiger partial charge in [0.15, 0.2) is 0 Å². The van der Waals surface area contributed by atoms with Crippen molar-refractivity contribution in [1.82, 2.24) is 4.90 Å². The number of anilines is 1. The number of benzene rings is 1. The lowest BCUT2D eigenvalue weighted by atomic mass is 10.2. The van der Waals surface area contributed by atoms with E-state index in [0.29, 0.717) is 12.1 Å². The van der Waals surface area contributed by atoms with Crippen LogP contribution in [0, 0.1) is 6.92 Å². The van der Waals surface area contributed by atoms with Gasteiger partial charge in [-0.15, -0.1) is 0 Å². The predicted molar refractivity (Wildman–Crippen MR) is 65.9 cm³/mol. The Labute approximate surface area is 101 Å². The highest BCUT2D eigenvalue weighted by atomic mass is 16.2. The normalized spacial score (nSPS) is 20.3. The fraction of sp³-hybridized carbons (Fsp3) is 0.385. The zero-order chi connectivity index (χ0) is 12.6. The first kappa shape index (κ1) is 11.6. The van der Waals surface area contributed by atoms with E-state index in [1.54, 1.807) is 13.1 Å². The Morgan fingerprint density at radius 2 is 2.00 bits per heavy atom. The van der Waals surface area contributed by atoms with E-state index in [-0.39, 0.29) is 18.0 Å². The molecule has 0 bridgehead atoms. The second-order valence-electron chi connectivity index (χ2n) is 4.33. The molecule has 0 N–H and O–H groups in total. The minimum Gasteiger partial charge on any atom is -0.315 e. The van der Waals surface area contributed by atoms with Crippen LogP contribution in [0.1, 0.15) is 18.9 Å². The van der Waals surface area contributed by atoms with Crippen LogP contribution in [0.5, 0.6) is 0 Å². The van der Waals surface area contributed by atoms with Gasteiger partial charge in [-0.2, -0.15) is 0 Å². The molecule has 17 heavy (non-hydrogen) atoms. The summed E-state index contributed by atoms with van der Waals surface area (Å²) in [6.45, 7) is 3.85. The molecule has 0 aromatic heterocycles. The number of urea groups is 1. The zero-order valence-electron chi connectivity index (χ0n) is 10.3. The summed E-state index contributed by atoms with van der Waals surface area (Å²) < 4.78 is 0. The monoisotopic (exact) mass is 232 g/mol. The highest BCUT2D eigenvalue weighted by molar-refractivity contribution is 6.21. The summed E-state index contributed by atoms with van der Waals surface area (Å²) in [6, 6.07) is 6.85. The Balaban J connectivity index is 2.40. The van der Waals surface area contributed by atoms with Gasteiger partial charge in [0.05, 0.1) is 5.69 Å². The van der Waals surface area contributed by atoms with Gasteiger partial charge in [0.2, 0.25) is 0 Å². The minimum absolute atomic E-state index is 0.134. The molecule has 1 heterocycles. The number of amides is 3. The Morgan fingerprint density at radius 1 is 1.29 bits per heavy atom. The molecule has 3 amide bonds. The highest BCUT2D eigenvalue weighted by Crippen LogP contribution is 2.25. The molecule has 1 atom stereocenters. The Kier molecular flexibility index (Phi) is 2.88. The molecule has 1 fully saturated rings. The number of carbonyl (C=O) groups is 2. The van der Waals surface area contributed by atoms with Crippen molar-refractivity contribution >= 4 is 17.6 Å². The molecule has 0 aliphatic carbocycles. The maximum atomic E-state index is 12.1. The van der Waals surface area contributed by atoms with Gasteiger partial charge >= 0.3 is 6.03 Å². The van der Waals surface area contributed by atoms with Gasteiger partial charge in [-0.3, -0.25) is 4.79 Å². The lowest BCUT2D eigenvalue weighted by molar-refractivity contribution is -0.119. The van der Waals surface area contributed by atoms with Crippen molar-refractivity contribution in [1.29, 1.82) is 0 Å². The molecule has 1 aromatic carbocycles. The number of nitrogens with zero attached hydrogens (tertiary/aromatic N) is 2. The molecule has 1 unspecified atom stereocenters. The van der Waals surface area contributed by atoms with Crippen LogP contribution in [0.15, 0.2) is 24.3 Å². The minimum atomic E-state index is -0.331. The van der Waals surface area contributed by atoms with Crippen LogP contribution >= 0.6 is 0 Å². The Hall–Kier alpha value is -1.84. The molecule has 1 aromatic rings. The average Bonchev–Trinajstić information content (AvgIpc) is 2.50. The largest absolute Gasteiger partial charge is 0.331 e. The maximum Gasteiger partial charge on any atom is 0.331 e. The highest BCUT2D eigenvalue weighted by Gasteiger charge is 2.42. The number of hydrogen-bond acceptors (Lipinski definition) is 2. The molecule has 90 valence electrons. The van der Waals surface area contributed by atoms with Gasteiger partial charge < -0.3 is 4.90 Å². The molecular weight excluding hydrogens is 216 g/mol. The number of aryl methyl sites for hydroxylation is 1. The predicted octanol–water partition coefficient (Wildman–Crippen LogP) is 2.17. The van der Waals surface area contributed by atoms with Crippen molar-refractivity contribution in [3.05, 3.63) is 29.8 Å². The Bertz CT molecular complexity index is 470. The van der Waals surface area contributed by atoms with E-state index in [4.69, 9.17) is 0 Å². The first-order valence-corrected chi connectivity index (χ1v) is 5.73. The van der Waals surface area contributed by atoms with Gasteiger partial charge in [-0.1, -0.05) is 19.1 Å². The van der Waals surface area contributed by atoms with Crippen LogP contribution in [-0.4, -0.2) is 29.9 Å². The van der Waals surface area contributed by atoms with Crippen molar-refractivity contribution in [2.75, 3.05) is 11.9 Å².